The Balaban J connectivity index is 0.564. The minimum absolute atomic E-state index is 0.531. The van der Waals surface area contributed by atoms with Crippen molar-refractivity contribution in [1.82, 2.24) is 39.0 Å². The van der Waals surface area contributed by atoms with Gasteiger partial charge in [0.2, 0.25) is 5.95 Å². The van der Waals surface area contributed by atoms with E-state index >= 15 is 0 Å². The van der Waals surface area contributed by atoms with Crippen molar-refractivity contribution in [2.24, 2.45) is 0 Å². The molecule has 0 N–H and O–H groups in total. The van der Waals surface area contributed by atoms with Crippen molar-refractivity contribution in [1.29, 1.82) is 0 Å². The third-order valence-electron chi connectivity index (χ3n) is 21.9. The van der Waals surface area contributed by atoms with Crippen LogP contribution in [0.1, 0.15) is 0 Å². The van der Waals surface area contributed by atoms with Crippen LogP contribution in [0.15, 0.2) is 385 Å². The van der Waals surface area contributed by atoms with Crippen molar-refractivity contribution in [3.8, 4) is 135 Å². The first-order valence-corrected chi connectivity index (χ1v) is 37.6. The molecule has 6 heterocycles. The molecule has 0 spiro atoms. The van der Waals surface area contributed by atoms with Crippen LogP contribution < -0.4 is 0 Å². The summed E-state index contributed by atoms with van der Waals surface area (Å²) in [5.74, 6) is 3.48. The van der Waals surface area contributed by atoms with Crippen LogP contribution in [0.2, 0.25) is 0 Å². The minimum atomic E-state index is 0.531. The number of fused-ring (bicyclic) bond motifs is 12. The maximum absolute atomic E-state index is 6.89. The maximum atomic E-state index is 6.89. The quantitative estimate of drug-likeness (QED) is 0.112. The van der Waals surface area contributed by atoms with Gasteiger partial charge in [-0.3, -0.25) is 4.57 Å². The zero-order valence-corrected chi connectivity index (χ0v) is 60.2. The van der Waals surface area contributed by atoms with Gasteiger partial charge in [-0.25, -0.2) is 19.9 Å². The molecule has 522 valence electrons. The predicted molar refractivity (Wildman–Crippen MR) is 456 cm³/mol. The molecular weight excluding hydrogens is 1370 g/mol. The Bertz CT molecular complexity index is 7470. The summed E-state index contributed by atoms with van der Waals surface area (Å²) in [7, 11) is 0. The summed E-state index contributed by atoms with van der Waals surface area (Å²) < 4.78 is 18.1. The third-order valence-corrected chi connectivity index (χ3v) is 21.9. The Labute approximate surface area is 642 Å². The van der Waals surface area contributed by atoms with E-state index < -0.39 is 0 Å². The van der Waals surface area contributed by atoms with E-state index in [1.54, 1.807) is 0 Å². The number of hydrogen-bond acceptors (Lipinski definition) is 8. The zero-order valence-electron chi connectivity index (χ0n) is 60.2. The summed E-state index contributed by atoms with van der Waals surface area (Å²) in [5.41, 5.74) is 26.0. The summed E-state index contributed by atoms with van der Waals surface area (Å²) in [4.78, 5) is 31.5. The molecule has 10 heteroatoms. The summed E-state index contributed by atoms with van der Waals surface area (Å²) in [6.45, 7) is 0. The van der Waals surface area contributed by atoms with Gasteiger partial charge in [-0.2, -0.15) is 9.97 Å². The SMILES string of the molecule is c1ccc(-c2cccc(-c3nc(-c4ccccc4)nc(-c4ccccc4-n4c5ccccc5c5cc(-c6cccc7c6oc6ccc(-c8ccc(-c9ccc(-c%10nc(-c%11ccccc%11)nc(-n%11c%12ccccc%12c%12cc(-c%13cccc%14c%13oc%13ccc(-c%15ccccc%15)cc%13%14)ccc%12%11)n%10)cc9)cc8)cc67)ccc54)n3)c2)cc1. The molecule has 0 unspecified atom stereocenters. The number of aromatic nitrogens is 8. The molecule has 0 bridgehead atoms. The smallest absolute Gasteiger partial charge is 0.238 e. The second-order valence-corrected chi connectivity index (χ2v) is 28.5. The molecule has 0 fully saturated rings. The van der Waals surface area contributed by atoms with Crippen molar-refractivity contribution in [2.75, 3.05) is 0 Å². The maximum Gasteiger partial charge on any atom is 0.238 e. The fourth-order valence-corrected chi connectivity index (χ4v) is 16.4. The predicted octanol–water partition coefficient (Wildman–Crippen LogP) is 26.4. The molecule has 112 heavy (non-hydrogen) atoms. The molecule has 0 saturated heterocycles. The standard InChI is InChI=1S/C102H62N8O2/c1-5-22-63(23-6-1)71-30-19-31-76(58-71)100-103-97(68-26-9-3-10-27-68)105-101(106-100)83-34-15-18-41-90(83)109-88-39-16-13-32-79(88)84-61-74(50-54-91(84)109)77-35-20-38-82-87-60-73(53-57-94(87)112-95(77)82)67-44-42-65(43-45-67)66-46-48-70(49-47-66)99-104-98(69-28-11-4-12-29-69)107-102(108-99)110-89-40-17-14-33-80(89)85-62-75(51-55-92(85)110)78-36-21-37-81-86-59-72(64-24-7-2-8-25-64)52-56-93(86)111-96(78)81/h1-62H. The number of hydrogen-bond donors (Lipinski definition) is 0. The van der Waals surface area contributed by atoms with Crippen LogP contribution in [0.3, 0.4) is 0 Å². The van der Waals surface area contributed by atoms with Gasteiger partial charge in [0, 0.05) is 82.0 Å². The largest absolute Gasteiger partial charge is 0.455 e. The van der Waals surface area contributed by atoms with Gasteiger partial charge in [-0.05, 0) is 134 Å². The van der Waals surface area contributed by atoms with Gasteiger partial charge in [0.15, 0.2) is 29.1 Å². The Morgan fingerprint density at radius 3 is 1.04 bits per heavy atom. The van der Waals surface area contributed by atoms with Crippen LogP contribution in [0.5, 0.6) is 0 Å². The van der Waals surface area contributed by atoms with Gasteiger partial charge in [0.1, 0.15) is 22.3 Å². The highest BCUT2D eigenvalue weighted by Crippen LogP contribution is 2.45. The Morgan fingerprint density at radius 2 is 0.500 bits per heavy atom. The van der Waals surface area contributed by atoms with Gasteiger partial charge in [0.05, 0.1) is 27.8 Å². The van der Waals surface area contributed by atoms with E-state index in [0.29, 0.717) is 35.1 Å². The van der Waals surface area contributed by atoms with Crippen LogP contribution in [0, 0.1) is 0 Å². The zero-order chi connectivity index (χ0) is 73.7. The average Bonchev–Trinajstić information content (AvgIpc) is 1.56. The summed E-state index contributed by atoms with van der Waals surface area (Å²) in [6.07, 6.45) is 0. The average molecular weight is 1430 g/mol. The second kappa shape index (κ2) is 26.3. The molecule has 0 radical (unpaired) electrons. The van der Waals surface area contributed by atoms with Crippen LogP contribution in [0.4, 0.5) is 0 Å². The van der Waals surface area contributed by atoms with Gasteiger partial charge in [-0.1, -0.05) is 297 Å². The lowest BCUT2D eigenvalue weighted by molar-refractivity contribution is 0.669. The Morgan fingerprint density at radius 1 is 0.179 bits per heavy atom. The molecule has 0 amide bonds. The second-order valence-electron chi connectivity index (χ2n) is 28.5. The molecule has 22 aromatic rings. The lowest BCUT2D eigenvalue weighted by Gasteiger charge is -2.15. The number of nitrogens with zero attached hydrogens (tertiary/aromatic N) is 8. The molecular formula is C102H62N8O2. The highest BCUT2D eigenvalue weighted by Gasteiger charge is 2.25. The minimum Gasteiger partial charge on any atom is -0.455 e. The van der Waals surface area contributed by atoms with Crippen LogP contribution in [-0.4, -0.2) is 39.0 Å². The van der Waals surface area contributed by atoms with Crippen molar-refractivity contribution in [2.45, 2.75) is 0 Å². The first-order chi connectivity index (χ1) is 55.5. The monoisotopic (exact) mass is 1430 g/mol. The van der Waals surface area contributed by atoms with E-state index in [1.165, 1.54) is 5.56 Å². The van der Waals surface area contributed by atoms with E-state index in [9.17, 15) is 0 Å². The van der Waals surface area contributed by atoms with Gasteiger partial charge in [-0.15, -0.1) is 0 Å². The van der Waals surface area contributed by atoms with Gasteiger partial charge < -0.3 is 13.4 Å². The molecule has 0 saturated carbocycles. The molecule has 0 atom stereocenters. The molecule has 6 aromatic heterocycles. The van der Waals surface area contributed by atoms with E-state index in [0.717, 1.165) is 182 Å². The molecule has 10 nitrogen and oxygen atoms in total. The van der Waals surface area contributed by atoms with Crippen LogP contribution in [0.25, 0.3) is 223 Å². The lowest BCUT2D eigenvalue weighted by Crippen LogP contribution is -2.06. The van der Waals surface area contributed by atoms with Crippen molar-refractivity contribution in [3.63, 3.8) is 0 Å². The highest BCUT2D eigenvalue weighted by atomic mass is 16.3. The summed E-state index contributed by atoms with van der Waals surface area (Å²) in [5, 5.41) is 8.70. The van der Waals surface area contributed by atoms with Crippen molar-refractivity contribution >= 4 is 87.5 Å². The first kappa shape index (κ1) is 64.0. The number of benzene rings is 16. The van der Waals surface area contributed by atoms with E-state index in [4.69, 9.17) is 38.7 Å². The van der Waals surface area contributed by atoms with E-state index in [2.05, 4.69) is 337 Å². The summed E-state index contributed by atoms with van der Waals surface area (Å²) >= 11 is 0. The van der Waals surface area contributed by atoms with Crippen LogP contribution >= 0.6 is 0 Å². The molecule has 22 rings (SSSR count). The highest BCUT2D eigenvalue weighted by molar-refractivity contribution is 6.16. The van der Waals surface area contributed by atoms with Gasteiger partial charge in [0.25, 0.3) is 0 Å². The van der Waals surface area contributed by atoms with Crippen molar-refractivity contribution in [3.05, 3.63) is 376 Å². The number of para-hydroxylation sites is 5. The first-order valence-electron chi connectivity index (χ1n) is 37.6. The molecule has 0 aliphatic carbocycles. The van der Waals surface area contributed by atoms with Crippen LogP contribution in [-0.2, 0) is 0 Å². The summed E-state index contributed by atoms with van der Waals surface area (Å²) in [6, 6.07) is 132. The molecule has 0 aliphatic rings. The topological polar surface area (TPSA) is 113 Å². The normalized spacial score (nSPS) is 11.8. The fourth-order valence-electron chi connectivity index (χ4n) is 16.4. The number of furan rings is 2. The molecule has 16 aromatic carbocycles. The molecule has 0 aliphatic heterocycles. The lowest BCUT2D eigenvalue weighted by atomic mass is 9.97. The van der Waals surface area contributed by atoms with E-state index in [1.807, 2.05) is 48.5 Å². The number of rotatable bonds is 13. The van der Waals surface area contributed by atoms with Gasteiger partial charge >= 0.3 is 0 Å². The Kier molecular flexibility index (Phi) is 15.0. The van der Waals surface area contributed by atoms with E-state index in [-0.39, 0.29) is 0 Å². The third kappa shape index (κ3) is 10.9. The fraction of sp³-hybridized carbons (Fsp3) is 0. The Hall–Kier alpha value is -15.3. The van der Waals surface area contributed by atoms with Crippen molar-refractivity contribution < 1.29 is 8.83 Å².